The second-order valence-corrected chi connectivity index (χ2v) is 5.14. The lowest BCUT2D eigenvalue weighted by Crippen LogP contribution is -2.23. The van der Waals surface area contributed by atoms with E-state index in [9.17, 15) is 4.79 Å². The van der Waals surface area contributed by atoms with Crippen LogP contribution in [0.5, 0.6) is 0 Å². The van der Waals surface area contributed by atoms with Crippen molar-refractivity contribution >= 4 is 22.9 Å². The number of pyridine rings is 1. The lowest BCUT2D eigenvalue weighted by molar-refractivity contribution is 0.0946. The molecule has 0 atom stereocenters. The predicted octanol–water partition coefficient (Wildman–Crippen LogP) is 2.07. The minimum absolute atomic E-state index is 0.184. The maximum absolute atomic E-state index is 11.9. The van der Waals surface area contributed by atoms with Gasteiger partial charge in [-0.15, -0.1) is 11.3 Å². The third kappa shape index (κ3) is 3.51. The van der Waals surface area contributed by atoms with Crippen LogP contribution < -0.4 is 10.6 Å². The van der Waals surface area contributed by atoms with Gasteiger partial charge in [0.25, 0.3) is 5.91 Å². The maximum Gasteiger partial charge on any atom is 0.270 e. The van der Waals surface area contributed by atoms with Crippen molar-refractivity contribution in [1.29, 1.82) is 0 Å². The molecule has 2 rings (SSSR count). The van der Waals surface area contributed by atoms with Gasteiger partial charge in [-0.3, -0.25) is 4.79 Å². The highest BCUT2D eigenvalue weighted by molar-refractivity contribution is 7.11. The molecule has 0 aliphatic carbocycles. The molecule has 100 valence electrons. The van der Waals surface area contributed by atoms with E-state index in [4.69, 9.17) is 0 Å². The summed E-state index contributed by atoms with van der Waals surface area (Å²) in [5, 5.41) is 6.69. The summed E-state index contributed by atoms with van der Waals surface area (Å²) in [6, 6.07) is 3.51. The van der Waals surface area contributed by atoms with Crippen LogP contribution in [0.3, 0.4) is 0 Å². The number of aromatic nitrogens is 2. The number of nitrogens with one attached hydrogen (secondary N) is 2. The van der Waals surface area contributed by atoms with Gasteiger partial charge in [-0.05, 0) is 18.6 Å². The zero-order valence-electron chi connectivity index (χ0n) is 10.9. The number of nitrogens with zero attached hydrogens (tertiary/aromatic N) is 2. The molecule has 2 aromatic heterocycles. The summed E-state index contributed by atoms with van der Waals surface area (Å²) in [6.07, 6.45) is 4.46. The highest BCUT2D eigenvalue weighted by atomic mass is 32.1. The summed E-state index contributed by atoms with van der Waals surface area (Å²) in [5.74, 6) is -0.184. The van der Waals surface area contributed by atoms with Crippen molar-refractivity contribution in [1.82, 2.24) is 15.3 Å². The molecule has 0 saturated heterocycles. The second kappa shape index (κ2) is 6.29. The minimum Gasteiger partial charge on any atom is -0.387 e. The largest absolute Gasteiger partial charge is 0.387 e. The van der Waals surface area contributed by atoms with Crippen LogP contribution in [-0.4, -0.2) is 22.9 Å². The molecule has 0 radical (unpaired) electrons. The number of hydrogen-bond acceptors (Lipinski definition) is 5. The molecule has 0 spiro atoms. The van der Waals surface area contributed by atoms with Gasteiger partial charge in [-0.1, -0.05) is 6.92 Å². The Kier molecular flexibility index (Phi) is 4.46. The molecule has 0 aliphatic heterocycles. The second-order valence-electron chi connectivity index (χ2n) is 3.94. The Labute approximate surface area is 116 Å². The number of hydrogen-bond donors (Lipinski definition) is 2. The molecule has 5 nitrogen and oxygen atoms in total. The van der Waals surface area contributed by atoms with Gasteiger partial charge in [0.05, 0.1) is 18.4 Å². The van der Waals surface area contributed by atoms with Crippen LogP contribution in [-0.2, 0) is 13.0 Å². The number of thiazole rings is 1. The zero-order chi connectivity index (χ0) is 13.7. The van der Waals surface area contributed by atoms with Crippen molar-refractivity contribution in [3.05, 3.63) is 40.1 Å². The number of anilines is 1. The van der Waals surface area contributed by atoms with Crippen LogP contribution >= 0.6 is 11.3 Å². The molecule has 0 aliphatic rings. The lowest BCUT2D eigenvalue weighted by atomic mass is 10.3. The molecule has 0 bridgehead atoms. The fourth-order valence-electron chi connectivity index (χ4n) is 1.52. The zero-order valence-corrected chi connectivity index (χ0v) is 11.8. The number of carbonyl (C=O) groups is 1. The van der Waals surface area contributed by atoms with Crippen molar-refractivity contribution < 1.29 is 4.79 Å². The van der Waals surface area contributed by atoms with Gasteiger partial charge in [0.1, 0.15) is 10.7 Å². The van der Waals surface area contributed by atoms with Crippen LogP contribution in [0.25, 0.3) is 0 Å². The third-order valence-electron chi connectivity index (χ3n) is 2.63. The molecule has 2 heterocycles. The van der Waals surface area contributed by atoms with E-state index in [2.05, 4.69) is 27.5 Å². The van der Waals surface area contributed by atoms with E-state index >= 15 is 0 Å². The third-order valence-corrected chi connectivity index (χ3v) is 3.78. The first kappa shape index (κ1) is 13.5. The van der Waals surface area contributed by atoms with E-state index in [0.29, 0.717) is 12.2 Å². The molecule has 6 heteroatoms. The standard InChI is InChI=1S/C13H16N4OS/c1-3-10-7-16-12(19-10)8-17-13(18)11-5-4-9(14-2)6-15-11/h4-7,14H,3,8H2,1-2H3,(H,17,18). The van der Waals surface area contributed by atoms with Gasteiger partial charge in [0.15, 0.2) is 0 Å². The quantitative estimate of drug-likeness (QED) is 0.877. The smallest absolute Gasteiger partial charge is 0.270 e. The molecule has 2 aromatic rings. The summed E-state index contributed by atoms with van der Waals surface area (Å²) >= 11 is 1.62. The van der Waals surface area contributed by atoms with Crippen LogP contribution in [0.4, 0.5) is 5.69 Å². The Balaban J connectivity index is 1.93. The number of aryl methyl sites for hydroxylation is 1. The van der Waals surface area contributed by atoms with Gasteiger partial charge in [0, 0.05) is 18.1 Å². The molecule has 0 unspecified atom stereocenters. The number of carbonyl (C=O) groups excluding carboxylic acids is 1. The molecule has 0 saturated carbocycles. The molecule has 1 amide bonds. The van der Waals surface area contributed by atoms with Gasteiger partial charge in [-0.25, -0.2) is 9.97 Å². The fraction of sp³-hybridized carbons (Fsp3) is 0.308. The average molecular weight is 276 g/mol. The fourth-order valence-corrected chi connectivity index (χ4v) is 2.32. The van der Waals surface area contributed by atoms with Gasteiger partial charge >= 0.3 is 0 Å². The normalized spacial score (nSPS) is 10.2. The van der Waals surface area contributed by atoms with Crippen LogP contribution in [0.2, 0.25) is 0 Å². The van der Waals surface area contributed by atoms with E-state index in [-0.39, 0.29) is 5.91 Å². The van der Waals surface area contributed by atoms with Crippen molar-refractivity contribution in [2.24, 2.45) is 0 Å². The Hall–Kier alpha value is -1.95. The first-order valence-electron chi connectivity index (χ1n) is 6.08. The van der Waals surface area contributed by atoms with E-state index in [1.807, 2.05) is 19.3 Å². The predicted molar refractivity (Wildman–Crippen MR) is 76.4 cm³/mol. The Morgan fingerprint density at radius 1 is 1.32 bits per heavy atom. The van der Waals surface area contributed by atoms with Crippen molar-refractivity contribution in [2.75, 3.05) is 12.4 Å². The van der Waals surface area contributed by atoms with E-state index < -0.39 is 0 Å². The van der Waals surface area contributed by atoms with Gasteiger partial charge in [0.2, 0.25) is 0 Å². The Morgan fingerprint density at radius 2 is 2.16 bits per heavy atom. The summed E-state index contributed by atoms with van der Waals surface area (Å²) in [4.78, 5) is 21.4. The number of amides is 1. The summed E-state index contributed by atoms with van der Waals surface area (Å²) in [7, 11) is 1.81. The molecule has 0 aromatic carbocycles. The van der Waals surface area contributed by atoms with E-state index in [1.165, 1.54) is 4.88 Å². The monoisotopic (exact) mass is 276 g/mol. The maximum atomic E-state index is 11.9. The summed E-state index contributed by atoms with van der Waals surface area (Å²) in [6.45, 7) is 2.53. The van der Waals surface area contributed by atoms with E-state index in [0.717, 1.165) is 17.1 Å². The Bertz CT molecular complexity index is 550. The first-order valence-corrected chi connectivity index (χ1v) is 6.90. The molecular formula is C13H16N4OS. The van der Waals surface area contributed by atoms with Crippen molar-refractivity contribution in [3.63, 3.8) is 0 Å². The van der Waals surface area contributed by atoms with Crippen LogP contribution in [0.15, 0.2) is 24.5 Å². The summed E-state index contributed by atoms with van der Waals surface area (Å²) in [5.41, 5.74) is 1.29. The average Bonchev–Trinajstić information content (AvgIpc) is 2.93. The Morgan fingerprint density at radius 3 is 2.74 bits per heavy atom. The molecule has 2 N–H and O–H groups in total. The van der Waals surface area contributed by atoms with Gasteiger partial charge < -0.3 is 10.6 Å². The first-order chi connectivity index (χ1) is 9.22. The van der Waals surface area contributed by atoms with Crippen molar-refractivity contribution in [3.8, 4) is 0 Å². The molecule has 0 fully saturated rings. The molecule has 19 heavy (non-hydrogen) atoms. The minimum atomic E-state index is -0.184. The SMILES string of the molecule is CCc1cnc(CNC(=O)c2ccc(NC)cn2)s1. The lowest BCUT2D eigenvalue weighted by Gasteiger charge is -2.03. The van der Waals surface area contributed by atoms with Gasteiger partial charge in [-0.2, -0.15) is 0 Å². The summed E-state index contributed by atoms with van der Waals surface area (Å²) < 4.78 is 0. The van der Waals surface area contributed by atoms with Crippen molar-refractivity contribution in [2.45, 2.75) is 19.9 Å². The van der Waals surface area contributed by atoms with Crippen LogP contribution in [0, 0.1) is 0 Å². The highest BCUT2D eigenvalue weighted by Gasteiger charge is 2.08. The number of rotatable bonds is 5. The molecular weight excluding hydrogens is 260 g/mol. The highest BCUT2D eigenvalue weighted by Crippen LogP contribution is 2.13. The topological polar surface area (TPSA) is 66.9 Å². The van der Waals surface area contributed by atoms with E-state index in [1.54, 1.807) is 23.6 Å². The van der Waals surface area contributed by atoms with Crippen LogP contribution in [0.1, 0.15) is 27.3 Å².